The first kappa shape index (κ1) is 11.8. The lowest BCUT2D eigenvalue weighted by molar-refractivity contribution is 0.112. The van der Waals surface area contributed by atoms with Gasteiger partial charge in [0.2, 0.25) is 0 Å². The second-order valence-electron chi connectivity index (χ2n) is 3.57. The van der Waals surface area contributed by atoms with E-state index in [0.29, 0.717) is 17.9 Å². The largest absolute Gasteiger partial charge is 0.366 e. The first-order chi connectivity index (χ1) is 8.28. The molecule has 0 unspecified atom stereocenters. The van der Waals surface area contributed by atoms with E-state index in [4.69, 9.17) is 0 Å². The highest BCUT2D eigenvalue weighted by Gasteiger charge is 1.97. The highest BCUT2D eigenvalue weighted by atomic mass is 79.9. The molecule has 0 spiro atoms. The van der Waals surface area contributed by atoms with Crippen molar-refractivity contribution < 1.29 is 4.79 Å². The lowest BCUT2D eigenvalue weighted by Gasteiger charge is -2.05. The van der Waals surface area contributed by atoms with Gasteiger partial charge in [-0.05, 0) is 29.8 Å². The quantitative estimate of drug-likeness (QED) is 0.879. The Morgan fingerprint density at radius 3 is 2.71 bits per heavy atom. The van der Waals surface area contributed by atoms with Crippen molar-refractivity contribution in [3.8, 4) is 0 Å². The first-order valence-corrected chi connectivity index (χ1v) is 5.97. The van der Waals surface area contributed by atoms with Crippen molar-refractivity contribution in [1.29, 1.82) is 0 Å². The summed E-state index contributed by atoms with van der Waals surface area (Å²) in [7, 11) is 0. The van der Waals surface area contributed by atoms with Gasteiger partial charge in [-0.2, -0.15) is 0 Å². The molecule has 1 heterocycles. The number of aldehydes is 1. The van der Waals surface area contributed by atoms with Gasteiger partial charge in [-0.15, -0.1) is 0 Å². The number of rotatable bonds is 4. The third-order valence-corrected chi connectivity index (χ3v) is 2.84. The van der Waals surface area contributed by atoms with Gasteiger partial charge in [-0.1, -0.05) is 28.1 Å². The lowest BCUT2D eigenvalue weighted by Crippen LogP contribution is -2.01. The second kappa shape index (κ2) is 5.59. The topological polar surface area (TPSA) is 42.0 Å². The number of carbonyl (C=O) groups is 1. The van der Waals surface area contributed by atoms with Crippen LogP contribution in [0.5, 0.6) is 0 Å². The van der Waals surface area contributed by atoms with Crippen LogP contribution in [0.4, 0.5) is 5.82 Å². The molecule has 1 aromatic heterocycles. The van der Waals surface area contributed by atoms with Crippen molar-refractivity contribution in [2.45, 2.75) is 6.54 Å². The van der Waals surface area contributed by atoms with E-state index in [-0.39, 0.29) is 0 Å². The Bertz CT molecular complexity index is 511. The fraction of sp³-hybridized carbons (Fsp3) is 0.0769. The fourth-order valence-corrected chi connectivity index (χ4v) is 1.68. The van der Waals surface area contributed by atoms with Crippen LogP contribution in [-0.4, -0.2) is 11.3 Å². The number of nitrogens with zero attached hydrogens (tertiary/aromatic N) is 1. The SMILES string of the molecule is O=Cc1ccnc(NCc2ccc(Br)cc2)c1. The van der Waals surface area contributed by atoms with Crippen LogP contribution in [-0.2, 0) is 6.54 Å². The second-order valence-corrected chi connectivity index (χ2v) is 4.49. The van der Waals surface area contributed by atoms with Crippen LogP contribution >= 0.6 is 15.9 Å². The maximum atomic E-state index is 10.6. The molecule has 17 heavy (non-hydrogen) atoms. The average Bonchev–Trinajstić information content (AvgIpc) is 2.38. The smallest absolute Gasteiger partial charge is 0.150 e. The monoisotopic (exact) mass is 290 g/mol. The summed E-state index contributed by atoms with van der Waals surface area (Å²) in [4.78, 5) is 14.8. The van der Waals surface area contributed by atoms with Crippen molar-refractivity contribution in [3.63, 3.8) is 0 Å². The van der Waals surface area contributed by atoms with Crippen molar-refractivity contribution >= 4 is 28.0 Å². The number of carbonyl (C=O) groups excluding carboxylic acids is 1. The van der Waals surface area contributed by atoms with Crippen LogP contribution in [0.3, 0.4) is 0 Å². The summed E-state index contributed by atoms with van der Waals surface area (Å²) in [5.41, 5.74) is 1.78. The van der Waals surface area contributed by atoms with E-state index in [1.807, 2.05) is 24.3 Å². The molecule has 86 valence electrons. The predicted octanol–water partition coefficient (Wildman–Crippen LogP) is 3.27. The van der Waals surface area contributed by atoms with E-state index < -0.39 is 0 Å². The molecule has 0 aliphatic heterocycles. The molecule has 3 nitrogen and oxygen atoms in total. The Kier molecular flexibility index (Phi) is 3.88. The number of halogens is 1. The van der Waals surface area contributed by atoms with Crippen LogP contribution in [0, 0.1) is 0 Å². The summed E-state index contributed by atoms with van der Waals surface area (Å²) >= 11 is 3.39. The molecule has 0 radical (unpaired) electrons. The molecule has 4 heteroatoms. The summed E-state index contributed by atoms with van der Waals surface area (Å²) < 4.78 is 1.06. The number of anilines is 1. The molecule has 0 aliphatic rings. The van der Waals surface area contributed by atoms with E-state index in [1.54, 1.807) is 18.3 Å². The van der Waals surface area contributed by atoms with Gasteiger partial charge in [0.05, 0.1) is 0 Å². The Hall–Kier alpha value is -1.68. The van der Waals surface area contributed by atoms with Crippen LogP contribution in [0.15, 0.2) is 47.1 Å². The molecule has 0 saturated carbocycles. The molecule has 2 aromatic rings. The number of hydrogen-bond donors (Lipinski definition) is 1. The highest BCUT2D eigenvalue weighted by molar-refractivity contribution is 9.10. The highest BCUT2D eigenvalue weighted by Crippen LogP contribution is 2.12. The third-order valence-electron chi connectivity index (χ3n) is 2.31. The van der Waals surface area contributed by atoms with Crippen molar-refractivity contribution in [2.75, 3.05) is 5.32 Å². The van der Waals surface area contributed by atoms with Gasteiger partial charge < -0.3 is 5.32 Å². The van der Waals surface area contributed by atoms with Gasteiger partial charge in [0, 0.05) is 22.8 Å². The molecule has 0 aliphatic carbocycles. The number of hydrogen-bond acceptors (Lipinski definition) is 3. The zero-order valence-electron chi connectivity index (χ0n) is 9.06. The predicted molar refractivity (Wildman–Crippen MR) is 71.1 cm³/mol. The molecular weight excluding hydrogens is 280 g/mol. The maximum absolute atomic E-state index is 10.6. The summed E-state index contributed by atoms with van der Waals surface area (Å²) in [6, 6.07) is 11.4. The van der Waals surface area contributed by atoms with E-state index in [0.717, 1.165) is 16.3 Å². The summed E-state index contributed by atoms with van der Waals surface area (Å²) in [5.74, 6) is 0.706. The van der Waals surface area contributed by atoms with Crippen molar-refractivity contribution in [1.82, 2.24) is 4.98 Å². The number of nitrogens with one attached hydrogen (secondary N) is 1. The van der Waals surface area contributed by atoms with Gasteiger partial charge in [-0.3, -0.25) is 4.79 Å². The van der Waals surface area contributed by atoms with Gasteiger partial charge in [-0.25, -0.2) is 4.98 Å². The summed E-state index contributed by atoms with van der Waals surface area (Å²) in [6.07, 6.45) is 2.43. The third kappa shape index (κ3) is 3.39. The Morgan fingerprint density at radius 2 is 2.00 bits per heavy atom. The minimum absolute atomic E-state index is 0.623. The standard InChI is InChI=1S/C13H11BrN2O/c14-12-3-1-10(2-4-12)8-16-13-7-11(9-17)5-6-15-13/h1-7,9H,8H2,(H,15,16). The molecular formula is C13H11BrN2O. The molecule has 2 rings (SSSR count). The summed E-state index contributed by atoms with van der Waals surface area (Å²) in [6.45, 7) is 0.683. The van der Waals surface area contributed by atoms with Gasteiger partial charge in [0.15, 0.2) is 0 Å². The van der Waals surface area contributed by atoms with Crippen LogP contribution < -0.4 is 5.32 Å². The van der Waals surface area contributed by atoms with Crippen molar-refractivity contribution in [2.24, 2.45) is 0 Å². The normalized spacial score (nSPS) is 9.94. The number of benzene rings is 1. The Morgan fingerprint density at radius 1 is 1.24 bits per heavy atom. The van der Waals surface area contributed by atoms with Crippen LogP contribution in [0.1, 0.15) is 15.9 Å². The minimum atomic E-state index is 0.623. The zero-order chi connectivity index (χ0) is 12.1. The molecule has 0 amide bonds. The maximum Gasteiger partial charge on any atom is 0.150 e. The molecule has 0 saturated heterocycles. The molecule has 0 atom stereocenters. The van der Waals surface area contributed by atoms with E-state index in [1.165, 1.54) is 0 Å². The van der Waals surface area contributed by atoms with Crippen molar-refractivity contribution in [3.05, 3.63) is 58.2 Å². The van der Waals surface area contributed by atoms with Gasteiger partial charge in [0.25, 0.3) is 0 Å². The number of pyridine rings is 1. The Labute approximate surface area is 108 Å². The summed E-state index contributed by atoms with van der Waals surface area (Å²) in [5, 5.41) is 3.17. The minimum Gasteiger partial charge on any atom is -0.366 e. The van der Waals surface area contributed by atoms with Crippen LogP contribution in [0.25, 0.3) is 0 Å². The van der Waals surface area contributed by atoms with E-state index in [2.05, 4.69) is 26.2 Å². The van der Waals surface area contributed by atoms with E-state index >= 15 is 0 Å². The van der Waals surface area contributed by atoms with E-state index in [9.17, 15) is 4.79 Å². The lowest BCUT2D eigenvalue weighted by atomic mass is 10.2. The molecule has 0 fully saturated rings. The average molecular weight is 291 g/mol. The van der Waals surface area contributed by atoms with Crippen LogP contribution in [0.2, 0.25) is 0 Å². The number of aromatic nitrogens is 1. The first-order valence-electron chi connectivity index (χ1n) is 5.17. The fourth-order valence-electron chi connectivity index (χ4n) is 1.41. The molecule has 0 bridgehead atoms. The Balaban J connectivity index is 2.01. The zero-order valence-corrected chi connectivity index (χ0v) is 10.6. The van der Waals surface area contributed by atoms with Gasteiger partial charge >= 0.3 is 0 Å². The van der Waals surface area contributed by atoms with Gasteiger partial charge in [0.1, 0.15) is 12.1 Å². The molecule has 1 aromatic carbocycles. The molecule has 1 N–H and O–H groups in total.